The summed E-state index contributed by atoms with van der Waals surface area (Å²) in [5, 5.41) is 0. The second-order valence-electron chi connectivity index (χ2n) is 14.4. The molecule has 0 unspecified atom stereocenters. The number of ketones is 2. The lowest BCUT2D eigenvalue weighted by atomic mass is 9.75. The van der Waals surface area contributed by atoms with Crippen LogP contribution in [0.5, 0.6) is 11.5 Å². The van der Waals surface area contributed by atoms with E-state index in [2.05, 4.69) is 80.4 Å². The molecule has 8 aromatic rings. The van der Waals surface area contributed by atoms with Gasteiger partial charge in [0.2, 0.25) is 0 Å². The molecule has 5 nitrogen and oxygen atoms in total. The number of carbonyl (C=O) groups is 2. The zero-order valence-corrected chi connectivity index (χ0v) is 36.2. The molecule has 0 atom stereocenters. The molecule has 7 heteroatoms. The average Bonchev–Trinajstić information content (AvgIpc) is 3.32. The molecule has 0 N–H and O–H groups in total. The monoisotopic (exact) mass is 926 g/mol. The minimum absolute atomic E-state index is 0.167. The summed E-state index contributed by atoms with van der Waals surface area (Å²) < 4.78 is 23.2. The first-order valence-electron chi connectivity index (χ1n) is 19.8. The smallest absolute Gasteiger partial charge is 0.200 e. The molecule has 0 heterocycles. The molecular formula is C54H40Br2O5. The molecule has 0 amide bonds. The predicted octanol–water partition coefficient (Wildman–Crippen LogP) is 13.0. The van der Waals surface area contributed by atoms with E-state index < -0.39 is 11.2 Å². The van der Waals surface area contributed by atoms with Gasteiger partial charge in [0, 0.05) is 31.2 Å². The summed E-state index contributed by atoms with van der Waals surface area (Å²) in [5.74, 6) is 0.612. The van der Waals surface area contributed by atoms with Crippen molar-refractivity contribution in [2.45, 2.75) is 11.2 Å². The van der Waals surface area contributed by atoms with Gasteiger partial charge in [-0.2, -0.15) is 0 Å². The van der Waals surface area contributed by atoms with Crippen LogP contribution in [0.4, 0.5) is 0 Å². The maximum Gasteiger partial charge on any atom is 0.200 e. The minimum atomic E-state index is -1.41. The number of halogens is 2. The van der Waals surface area contributed by atoms with Gasteiger partial charge in [-0.15, -0.1) is 0 Å². The highest BCUT2D eigenvalue weighted by Gasteiger charge is 2.51. The van der Waals surface area contributed by atoms with Gasteiger partial charge >= 0.3 is 0 Å². The van der Waals surface area contributed by atoms with Crippen LogP contribution >= 0.6 is 31.9 Å². The van der Waals surface area contributed by atoms with Gasteiger partial charge in [-0.3, -0.25) is 9.59 Å². The summed E-state index contributed by atoms with van der Waals surface area (Å²) in [6.07, 6.45) is 0. The van der Waals surface area contributed by atoms with Crippen molar-refractivity contribution < 1.29 is 23.8 Å². The van der Waals surface area contributed by atoms with Crippen LogP contribution < -0.4 is 9.47 Å². The second kappa shape index (κ2) is 18.9. The lowest BCUT2D eigenvalue weighted by molar-refractivity contribution is -0.0829. The molecule has 0 saturated heterocycles. The van der Waals surface area contributed by atoms with Crippen LogP contribution in [0, 0.1) is 0 Å². The number of rotatable bonds is 16. The minimum Gasteiger partial charge on any atom is -0.485 e. The molecule has 0 saturated carbocycles. The highest BCUT2D eigenvalue weighted by molar-refractivity contribution is 9.10. The fourth-order valence-electron chi connectivity index (χ4n) is 7.71. The number of hydrogen-bond donors (Lipinski definition) is 0. The average molecular weight is 929 g/mol. The fourth-order valence-corrected chi connectivity index (χ4v) is 8.24. The number of hydrogen-bond acceptors (Lipinski definition) is 5. The van der Waals surface area contributed by atoms with E-state index in [1.165, 1.54) is 0 Å². The van der Waals surface area contributed by atoms with Crippen LogP contribution in [0.3, 0.4) is 0 Å². The summed E-state index contributed by atoms with van der Waals surface area (Å²) in [7, 11) is 0. The van der Waals surface area contributed by atoms with Gasteiger partial charge in [-0.25, -0.2) is 0 Å². The van der Waals surface area contributed by atoms with Crippen molar-refractivity contribution in [3.05, 3.63) is 272 Å². The first kappa shape index (κ1) is 41.4. The number of benzene rings is 8. The Kier molecular flexibility index (Phi) is 12.8. The number of carbonyl (C=O) groups excluding carboxylic acids is 2. The Morgan fingerprint density at radius 1 is 0.361 bits per heavy atom. The Bertz CT molecular complexity index is 2440. The van der Waals surface area contributed by atoms with E-state index in [0.717, 1.165) is 31.2 Å². The highest BCUT2D eigenvalue weighted by atomic mass is 79.9. The van der Waals surface area contributed by atoms with Gasteiger partial charge < -0.3 is 14.2 Å². The quantitative estimate of drug-likeness (QED) is 0.0714. The van der Waals surface area contributed by atoms with Gasteiger partial charge in [0.1, 0.15) is 22.7 Å². The summed E-state index contributed by atoms with van der Waals surface area (Å²) in [6, 6.07) is 70.3. The number of para-hydroxylation sites is 2. The maximum atomic E-state index is 13.7. The summed E-state index contributed by atoms with van der Waals surface area (Å²) in [4.78, 5) is 27.3. The lowest BCUT2D eigenvalue weighted by Crippen LogP contribution is -2.45. The third kappa shape index (κ3) is 8.77. The Labute approximate surface area is 372 Å². The standard InChI is InChI=1S/C54H40Br2O5/c55-45-33-29-39(30-34-45)49(57)37-59-51-27-15-13-25-47(51)53(41-17-5-1-6-18-41,42-19-7-2-8-20-42)61-54(43-21-9-3-10-22-43,44-23-11-4-12-24-44)48-26-14-16-28-52(48)60-38-50(58)40-31-35-46(56)36-32-40/h1-36H,37-38H2. The van der Waals surface area contributed by atoms with Gasteiger partial charge in [0.25, 0.3) is 0 Å². The van der Waals surface area contributed by atoms with Crippen LogP contribution in [0.1, 0.15) is 54.1 Å². The van der Waals surface area contributed by atoms with E-state index in [1.807, 2.05) is 146 Å². The van der Waals surface area contributed by atoms with Crippen LogP contribution in [-0.4, -0.2) is 24.8 Å². The first-order chi connectivity index (χ1) is 29.9. The zero-order chi connectivity index (χ0) is 42.1. The fraction of sp³-hybridized carbons (Fsp3) is 0.0741. The molecule has 0 aromatic heterocycles. The molecular weight excluding hydrogens is 888 g/mol. The third-order valence-corrected chi connectivity index (χ3v) is 11.7. The van der Waals surface area contributed by atoms with Crippen molar-refractivity contribution in [1.82, 2.24) is 0 Å². The first-order valence-corrected chi connectivity index (χ1v) is 21.4. The molecule has 8 aromatic carbocycles. The second-order valence-corrected chi connectivity index (χ2v) is 16.2. The van der Waals surface area contributed by atoms with Crippen molar-refractivity contribution in [3.8, 4) is 11.5 Å². The molecule has 300 valence electrons. The van der Waals surface area contributed by atoms with Gasteiger partial charge in [-0.1, -0.05) is 214 Å². The van der Waals surface area contributed by atoms with Crippen LogP contribution in [0.15, 0.2) is 227 Å². The lowest BCUT2D eigenvalue weighted by Gasteiger charge is -2.47. The Morgan fingerprint density at radius 2 is 0.639 bits per heavy atom. The molecule has 0 radical (unpaired) electrons. The molecule has 0 aliphatic carbocycles. The highest BCUT2D eigenvalue weighted by Crippen LogP contribution is 2.54. The summed E-state index contributed by atoms with van der Waals surface area (Å²) >= 11 is 6.94. The zero-order valence-electron chi connectivity index (χ0n) is 33.0. The third-order valence-electron chi connectivity index (χ3n) is 10.6. The molecule has 0 fully saturated rings. The summed E-state index contributed by atoms with van der Waals surface area (Å²) in [6.45, 7) is -0.409. The van der Waals surface area contributed by atoms with Crippen molar-refractivity contribution >= 4 is 43.4 Å². The topological polar surface area (TPSA) is 61.8 Å². The van der Waals surface area contributed by atoms with E-state index in [1.54, 1.807) is 24.3 Å². The van der Waals surface area contributed by atoms with Crippen LogP contribution in [0.25, 0.3) is 0 Å². The molecule has 0 aliphatic rings. The van der Waals surface area contributed by atoms with E-state index in [4.69, 9.17) is 14.2 Å². The largest absolute Gasteiger partial charge is 0.485 e. The molecule has 0 aliphatic heterocycles. The van der Waals surface area contributed by atoms with Gasteiger partial charge in [0.15, 0.2) is 24.8 Å². The van der Waals surface area contributed by atoms with Crippen LogP contribution in [-0.2, 0) is 15.9 Å². The van der Waals surface area contributed by atoms with Crippen molar-refractivity contribution in [2.24, 2.45) is 0 Å². The SMILES string of the molecule is O=C(COc1ccccc1C(OC(c1ccccc1)(c1ccccc1)c1ccccc1OCC(=O)c1ccc(Br)cc1)(c1ccccc1)c1ccccc1)c1ccc(Br)cc1. The maximum absolute atomic E-state index is 13.7. The number of Topliss-reactive ketones (excluding diaryl/α,β-unsaturated/α-hetero) is 2. The normalized spacial score (nSPS) is 11.4. The van der Waals surface area contributed by atoms with Crippen molar-refractivity contribution in [3.63, 3.8) is 0 Å². The predicted molar refractivity (Wildman–Crippen MR) is 247 cm³/mol. The van der Waals surface area contributed by atoms with Gasteiger partial charge in [-0.05, 0) is 58.7 Å². The van der Waals surface area contributed by atoms with Crippen LogP contribution in [0.2, 0.25) is 0 Å². The summed E-state index contributed by atoms with van der Waals surface area (Å²) in [5.41, 5.74) is 2.87. The Balaban J connectivity index is 1.37. The Hall–Kier alpha value is -6.38. The van der Waals surface area contributed by atoms with Gasteiger partial charge in [0.05, 0.1) is 0 Å². The molecule has 61 heavy (non-hydrogen) atoms. The molecule has 0 bridgehead atoms. The number of ether oxygens (including phenoxy) is 3. The van der Waals surface area contributed by atoms with E-state index in [9.17, 15) is 9.59 Å². The Morgan fingerprint density at radius 3 is 0.951 bits per heavy atom. The van der Waals surface area contributed by atoms with Crippen molar-refractivity contribution in [2.75, 3.05) is 13.2 Å². The van der Waals surface area contributed by atoms with E-state index in [-0.39, 0.29) is 24.8 Å². The van der Waals surface area contributed by atoms with Crippen molar-refractivity contribution in [1.29, 1.82) is 0 Å². The van der Waals surface area contributed by atoms with E-state index >= 15 is 0 Å². The molecule has 0 spiro atoms. The van der Waals surface area contributed by atoms with E-state index in [0.29, 0.717) is 33.8 Å². The molecule has 8 rings (SSSR count).